The number of thiazole rings is 1. The monoisotopic (exact) mass is 413 g/mol. The largest absolute Gasteiger partial charge is 0.236 e. The van der Waals surface area contributed by atoms with Crippen molar-refractivity contribution in [3.8, 4) is 0 Å². The second-order valence-corrected chi connectivity index (χ2v) is 9.26. The van der Waals surface area contributed by atoms with Crippen molar-refractivity contribution < 1.29 is 0 Å². The van der Waals surface area contributed by atoms with Gasteiger partial charge in [-0.25, -0.2) is 4.98 Å². The Kier molecular flexibility index (Phi) is 3.61. The lowest BCUT2D eigenvalue weighted by Crippen LogP contribution is -1.96. The zero-order chi connectivity index (χ0) is 20.4. The van der Waals surface area contributed by atoms with Crippen LogP contribution in [0.5, 0.6) is 0 Å². The number of aromatic nitrogens is 1. The molecule has 1 aromatic heterocycles. The summed E-state index contributed by atoms with van der Waals surface area (Å²) in [5.41, 5.74) is 13.4. The molecular formula is C29H19NS. The molecule has 0 atom stereocenters. The smallest absolute Gasteiger partial charge is 0.125 e. The Morgan fingerprint density at radius 3 is 2.26 bits per heavy atom. The third kappa shape index (κ3) is 2.40. The second-order valence-electron chi connectivity index (χ2n) is 8.23. The first-order valence-corrected chi connectivity index (χ1v) is 11.6. The minimum absolute atomic E-state index is 1.09. The van der Waals surface area contributed by atoms with Crippen LogP contribution in [0.25, 0.3) is 26.9 Å². The van der Waals surface area contributed by atoms with Gasteiger partial charge in [-0.1, -0.05) is 78.9 Å². The maximum absolute atomic E-state index is 5.09. The number of hydrogen-bond donors (Lipinski definition) is 0. The van der Waals surface area contributed by atoms with Crippen LogP contribution >= 0.6 is 11.3 Å². The van der Waals surface area contributed by atoms with Crippen LogP contribution in [0.4, 0.5) is 0 Å². The molecule has 0 fully saturated rings. The molecule has 0 amide bonds. The summed E-state index contributed by atoms with van der Waals surface area (Å²) in [6.45, 7) is 0. The fraction of sp³-hybridized carbons (Fsp3) is 0.0690. The van der Waals surface area contributed by atoms with Gasteiger partial charge in [0, 0.05) is 5.57 Å². The summed E-state index contributed by atoms with van der Waals surface area (Å²) >= 11 is 1.81. The molecule has 3 aromatic carbocycles. The lowest BCUT2D eigenvalue weighted by Gasteiger charge is -2.14. The Hall–Kier alpha value is -3.49. The van der Waals surface area contributed by atoms with Crippen LogP contribution in [0.15, 0.2) is 108 Å². The lowest BCUT2D eigenvalue weighted by atomic mass is 9.90. The zero-order valence-corrected chi connectivity index (χ0v) is 17.7. The molecule has 146 valence electrons. The van der Waals surface area contributed by atoms with Gasteiger partial charge < -0.3 is 0 Å². The molecule has 0 spiro atoms. The van der Waals surface area contributed by atoms with E-state index in [1.54, 1.807) is 0 Å². The van der Waals surface area contributed by atoms with E-state index in [1.165, 1.54) is 54.8 Å². The molecule has 0 saturated carbocycles. The van der Waals surface area contributed by atoms with Gasteiger partial charge in [0.1, 0.15) is 5.01 Å². The number of allylic oxidation sites excluding steroid dienone is 7. The summed E-state index contributed by atoms with van der Waals surface area (Å²) in [4.78, 5) is 5.09. The maximum atomic E-state index is 5.09. The van der Waals surface area contributed by atoms with E-state index in [2.05, 4.69) is 91.0 Å². The molecule has 1 heterocycles. The quantitative estimate of drug-likeness (QED) is 0.328. The third-order valence-electron chi connectivity index (χ3n) is 6.53. The van der Waals surface area contributed by atoms with E-state index in [1.807, 2.05) is 11.3 Å². The standard InChI is InChI=1S/C29H19NS/c1-2-10-18(11-3-1)25-19-12-4-5-13-20(19)27-26(25)21-14-6-7-15-22(21)28(27)29-30-23-16-8-9-17-24(23)31-29/h1-4,6-12,14-17H,5,13H2. The Labute approximate surface area is 185 Å². The Morgan fingerprint density at radius 1 is 0.677 bits per heavy atom. The predicted molar refractivity (Wildman–Crippen MR) is 131 cm³/mol. The molecule has 0 N–H and O–H groups in total. The molecule has 0 saturated heterocycles. The minimum Gasteiger partial charge on any atom is -0.236 e. The van der Waals surface area contributed by atoms with Gasteiger partial charge in [-0.3, -0.25) is 0 Å². The van der Waals surface area contributed by atoms with Crippen molar-refractivity contribution in [1.82, 2.24) is 4.98 Å². The molecule has 3 aliphatic rings. The molecule has 31 heavy (non-hydrogen) atoms. The first-order chi connectivity index (χ1) is 15.4. The number of para-hydroxylation sites is 1. The molecule has 1 nitrogen and oxygen atoms in total. The third-order valence-corrected chi connectivity index (χ3v) is 7.58. The SMILES string of the molecule is C1=CC2=C(CC1)C1=C(c3nc4ccccc4s3)c3ccccc3C1=C2c1ccccc1. The van der Waals surface area contributed by atoms with E-state index >= 15 is 0 Å². The van der Waals surface area contributed by atoms with Crippen molar-refractivity contribution in [3.05, 3.63) is 129 Å². The first kappa shape index (κ1) is 17.2. The van der Waals surface area contributed by atoms with Crippen molar-refractivity contribution >= 4 is 38.3 Å². The number of hydrogen-bond acceptors (Lipinski definition) is 2. The summed E-state index contributed by atoms with van der Waals surface area (Å²) in [5, 5.41) is 1.13. The van der Waals surface area contributed by atoms with Gasteiger partial charge >= 0.3 is 0 Å². The molecule has 0 bridgehead atoms. The average molecular weight is 414 g/mol. The van der Waals surface area contributed by atoms with Crippen molar-refractivity contribution in [1.29, 1.82) is 0 Å². The van der Waals surface area contributed by atoms with Gasteiger partial charge in [0.05, 0.1) is 10.2 Å². The fourth-order valence-corrected chi connectivity index (χ4v) is 6.30. The average Bonchev–Trinajstić information content (AvgIpc) is 3.49. The highest BCUT2D eigenvalue weighted by atomic mass is 32.1. The molecule has 0 unspecified atom stereocenters. The highest BCUT2D eigenvalue weighted by Crippen LogP contribution is 2.58. The summed E-state index contributed by atoms with van der Waals surface area (Å²) < 4.78 is 1.25. The van der Waals surface area contributed by atoms with E-state index in [0.29, 0.717) is 0 Å². The zero-order valence-electron chi connectivity index (χ0n) is 16.9. The molecule has 0 radical (unpaired) electrons. The van der Waals surface area contributed by atoms with Gasteiger partial charge in [0.2, 0.25) is 0 Å². The van der Waals surface area contributed by atoms with Gasteiger partial charge in [-0.05, 0) is 69.5 Å². The van der Waals surface area contributed by atoms with Gasteiger partial charge in [-0.2, -0.15) is 0 Å². The summed E-state index contributed by atoms with van der Waals surface area (Å²) in [5.74, 6) is 0. The van der Waals surface area contributed by atoms with Crippen molar-refractivity contribution in [2.75, 3.05) is 0 Å². The first-order valence-electron chi connectivity index (χ1n) is 10.8. The Bertz CT molecular complexity index is 1480. The molecule has 3 aliphatic carbocycles. The normalized spacial score (nSPS) is 16.9. The van der Waals surface area contributed by atoms with Gasteiger partial charge in [0.15, 0.2) is 0 Å². The summed E-state index contributed by atoms with van der Waals surface area (Å²) in [6, 6.07) is 28.3. The Balaban J connectivity index is 1.61. The fourth-order valence-electron chi connectivity index (χ4n) is 5.27. The topological polar surface area (TPSA) is 12.9 Å². The van der Waals surface area contributed by atoms with Gasteiger partial charge in [0.25, 0.3) is 0 Å². The molecular weight excluding hydrogens is 394 g/mol. The van der Waals surface area contributed by atoms with Crippen LogP contribution < -0.4 is 0 Å². The number of fused-ring (bicyclic) bond motifs is 5. The van der Waals surface area contributed by atoms with Crippen LogP contribution in [0.3, 0.4) is 0 Å². The summed E-state index contributed by atoms with van der Waals surface area (Å²) in [6.07, 6.45) is 6.86. The lowest BCUT2D eigenvalue weighted by molar-refractivity contribution is 0.977. The van der Waals surface area contributed by atoms with Crippen LogP contribution in [0.2, 0.25) is 0 Å². The van der Waals surface area contributed by atoms with E-state index in [9.17, 15) is 0 Å². The second kappa shape index (κ2) is 6.50. The molecule has 0 aliphatic heterocycles. The van der Waals surface area contributed by atoms with Crippen LogP contribution in [-0.2, 0) is 0 Å². The predicted octanol–water partition coefficient (Wildman–Crippen LogP) is 7.68. The van der Waals surface area contributed by atoms with Crippen LogP contribution in [-0.4, -0.2) is 4.98 Å². The highest BCUT2D eigenvalue weighted by molar-refractivity contribution is 7.19. The van der Waals surface area contributed by atoms with Crippen LogP contribution in [0, 0.1) is 0 Å². The summed E-state index contributed by atoms with van der Waals surface area (Å²) in [7, 11) is 0. The van der Waals surface area contributed by atoms with Crippen molar-refractivity contribution in [2.45, 2.75) is 12.8 Å². The van der Waals surface area contributed by atoms with E-state index < -0.39 is 0 Å². The number of nitrogens with zero attached hydrogens (tertiary/aromatic N) is 1. The van der Waals surface area contributed by atoms with E-state index in [0.717, 1.165) is 23.4 Å². The van der Waals surface area contributed by atoms with E-state index in [4.69, 9.17) is 4.98 Å². The number of rotatable bonds is 2. The van der Waals surface area contributed by atoms with Crippen molar-refractivity contribution in [2.24, 2.45) is 0 Å². The van der Waals surface area contributed by atoms with Crippen LogP contribution in [0.1, 0.15) is 34.5 Å². The number of benzene rings is 3. The minimum atomic E-state index is 1.09. The van der Waals surface area contributed by atoms with Crippen molar-refractivity contribution in [3.63, 3.8) is 0 Å². The maximum Gasteiger partial charge on any atom is 0.125 e. The van der Waals surface area contributed by atoms with Gasteiger partial charge in [-0.15, -0.1) is 11.3 Å². The molecule has 4 aromatic rings. The molecule has 7 rings (SSSR count). The van der Waals surface area contributed by atoms with E-state index in [-0.39, 0.29) is 0 Å². The highest BCUT2D eigenvalue weighted by Gasteiger charge is 2.39. The molecule has 2 heteroatoms. The Morgan fingerprint density at radius 2 is 1.42 bits per heavy atom.